The Balaban J connectivity index is 1.62. The van der Waals surface area contributed by atoms with Crippen LogP contribution in [0, 0.1) is 0 Å². The number of alkyl halides is 2. The van der Waals surface area contributed by atoms with E-state index in [9.17, 15) is 13.6 Å². The van der Waals surface area contributed by atoms with Crippen LogP contribution in [-0.2, 0) is 17.6 Å². The number of rotatable bonds is 4. The van der Waals surface area contributed by atoms with Crippen LogP contribution in [0.1, 0.15) is 17.5 Å². The molecule has 7 heteroatoms. The van der Waals surface area contributed by atoms with Crippen molar-refractivity contribution in [2.45, 2.75) is 25.4 Å². The molecule has 0 fully saturated rings. The van der Waals surface area contributed by atoms with Gasteiger partial charge in [-0.05, 0) is 66.8 Å². The SMILES string of the molecule is O=C(O)C(F)(F)Oc1ccc(-c2nc3cc4c(cc3s2)CCC4)cc1. The molecular formula is C18H13F2NO3S. The van der Waals surface area contributed by atoms with Gasteiger partial charge in [0.05, 0.1) is 10.2 Å². The Morgan fingerprint density at radius 2 is 1.84 bits per heavy atom. The van der Waals surface area contributed by atoms with E-state index in [-0.39, 0.29) is 5.75 Å². The maximum atomic E-state index is 13.1. The zero-order chi connectivity index (χ0) is 17.6. The summed E-state index contributed by atoms with van der Waals surface area (Å²) < 4.78 is 31.5. The second kappa shape index (κ2) is 5.77. The van der Waals surface area contributed by atoms with Gasteiger partial charge >= 0.3 is 12.1 Å². The third kappa shape index (κ3) is 2.95. The van der Waals surface area contributed by atoms with Crippen LogP contribution in [0.15, 0.2) is 36.4 Å². The molecule has 0 saturated carbocycles. The van der Waals surface area contributed by atoms with Crippen LogP contribution in [0.3, 0.4) is 0 Å². The molecule has 4 nitrogen and oxygen atoms in total. The first kappa shape index (κ1) is 16.0. The number of halogens is 2. The summed E-state index contributed by atoms with van der Waals surface area (Å²) in [6.45, 7) is 0. The molecule has 0 bridgehead atoms. The van der Waals surface area contributed by atoms with Crippen molar-refractivity contribution in [2.24, 2.45) is 0 Å². The first-order chi connectivity index (χ1) is 11.9. The summed E-state index contributed by atoms with van der Waals surface area (Å²) in [6.07, 6.45) is -0.885. The molecule has 2 aromatic carbocycles. The average molecular weight is 361 g/mol. The Morgan fingerprint density at radius 3 is 2.52 bits per heavy atom. The lowest BCUT2D eigenvalue weighted by Crippen LogP contribution is -2.34. The van der Waals surface area contributed by atoms with Gasteiger partial charge in [0.2, 0.25) is 0 Å². The van der Waals surface area contributed by atoms with E-state index >= 15 is 0 Å². The minimum atomic E-state index is -4.25. The third-order valence-corrected chi connectivity index (χ3v) is 5.27. The third-order valence-electron chi connectivity index (χ3n) is 4.20. The number of hydrogen-bond donors (Lipinski definition) is 1. The maximum Gasteiger partial charge on any atom is 0.501 e. The van der Waals surface area contributed by atoms with Gasteiger partial charge in [0, 0.05) is 5.56 Å². The summed E-state index contributed by atoms with van der Waals surface area (Å²) in [7, 11) is 0. The number of carboxylic acid groups (broad SMARTS) is 1. The molecule has 1 heterocycles. The predicted molar refractivity (Wildman–Crippen MR) is 90.3 cm³/mol. The van der Waals surface area contributed by atoms with E-state index in [1.54, 1.807) is 23.5 Å². The fraction of sp³-hybridized carbons (Fsp3) is 0.222. The molecule has 0 amide bonds. The molecular weight excluding hydrogens is 348 g/mol. The van der Waals surface area contributed by atoms with Crippen LogP contribution in [0.25, 0.3) is 20.8 Å². The van der Waals surface area contributed by atoms with Gasteiger partial charge in [0.1, 0.15) is 10.8 Å². The Kier molecular flexibility index (Phi) is 3.68. The molecule has 0 unspecified atom stereocenters. The highest BCUT2D eigenvalue weighted by molar-refractivity contribution is 7.21. The molecule has 1 aliphatic carbocycles. The first-order valence-electron chi connectivity index (χ1n) is 7.75. The van der Waals surface area contributed by atoms with Crippen LogP contribution in [-0.4, -0.2) is 22.2 Å². The quantitative estimate of drug-likeness (QED) is 0.743. The highest BCUT2D eigenvalue weighted by Gasteiger charge is 2.42. The number of ether oxygens (including phenoxy) is 1. The van der Waals surface area contributed by atoms with Gasteiger partial charge in [-0.3, -0.25) is 0 Å². The number of carboxylic acids is 1. The van der Waals surface area contributed by atoms with Crippen molar-refractivity contribution in [3.05, 3.63) is 47.5 Å². The number of nitrogens with zero attached hydrogens (tertiary/aromatic N) is 1. The van der Waals surface area contributed by atoms with Gasteiger partial charge in [-0.1, -0.05) is 0 Å². The van der Waals surface area contributed by atoms with Gasteiger partial charge in [0.25, 0.3) is 0 Å². The largest absolute Gasteiger partial charge is 0.501 e. The van der Waals surface area contributed by atoms with Crippen LogP contribution in [0.5, 0.6) is 5.75 Å². The lowest BCUT2D eigenvalue weighted by Gasteiger charge is -2.13. The van der Waals surface area contributed by atoms with E-state index in [0.29, 0.717) is 0 Å². The molecule has 0 aliphatic heterocycles. The normalized spacial score (nSPS) is 13.8. The number of thiazole rings is 1. The molecule has 0 spiro atoms. The molecule has 4 rings (SSSR count). The second-order valence-corrected chi connectivity index (χ2v) is 6.94. The number of carbonyl (C=O) groups is 1. The highest BCUT2D eigenvalue weighted by Crippen LogP contribution is 2.35. The summed E-state index contributed by atoms with van der Waals surface area (Å²) in [5.74, 6) is -2.54. The van der Waals surface area contributed by atoms with Crippen LogP contribution in [0.4, 0.5) is 8.78 Å². The van der Waals surface area contributed by atoms with E-state index in [1.165, 1.54) is 29.7 Å². The number of aliphatic carboxylic acids is 1. The van der Waals surface area contributed by atoms with E-state index in [2.05, 4.69) is 21.9 Å². The summed E-state index contributed by atoms with van der Waals surface area (Å²) in [4.78, 5) is 15.0. The molecule has 1 aromatic heterocycles. The summed E-state index contributed by atoms with van der Waals surface area (Å²) in [5, 5.41) is 9.19. The summed E-state index contributed by atoms with van der Waals surface area (Å²) in [5.41, 5.74) is 4.44. The predicted octanol–water partition coefficient (Wildman–Crippen LogP) is 4.51. The van der Waals surface area contributed by atoms with Crippen LogP contribution in [0.2, 0.25) is 0 Å². The van der Waals surface area contributed by atoms with Crippen molar-refractivity contribution in [3.8, 4) is 16.3 Å². The van der Waals surface area contributed by atoms with E-state index < -0.39 is 12.1 Å². The standard InChI is InChI=1S/C18H13F2NO3S/c19-18(20,17(22)23)24-13-6-4-10(5-7-13)16-21-14-8-11-2-1-3-12(11)9-15(14)25-16/h4-9H,1-3H2,(H,22,23). The minimum absolute atomic E-state index is 0.212. The first-order valence-corrected chi connectivity index (χ1v) is 8.57. The van der Waals surface area contributed by atoms with E-state index in [1.807, 2.05) is 0 Å². The molecule has 0 atom stereocenters. The molecule has 0 saturated heterocycles. The van der Waals surface area contributed by atoms with Gasteiger partial charge < -0.3 is 9.84 Å². The van der Waals surface area contributed by atoms with Gasteiger partial charge in [-0.25, -0.2) is 9.78 Å². The zero-order valence-electron chi connectivity index (χ0n) is 13.0. The lowest BCUT2D eigenvalue weighted by atomic mass is 10.1. The molecule has 0 radical (unpaired) electrons. The Bertz CT molecular complexity index is 925. The van der Waals surface area contributed by atoms with E-state index in [0.717, 1.165) is 33.6 Å². The zero-order valence-corrected chi connectivity index (χ0v) is 13.8. The maximum absolute atomic E-state index is 13.1. The number of aryl methyl sites for hydroxylation is 2. The van der Waals surface area contributed by atoms with Crippen molar-refractivity contribution in [1.82, 2.24) is 4.98 Å². The molecule has 1 N–H and O–H groups in total. The number of fused-ring (bicyclic) bond motifs is 2. The van der Waals surface area contributed by atoms with Gasteiger partial charge in [-0.2, -0.15) is 8.78 Å². The smallest absolute Gasteiger partial charge is 0.474 e. The number of benzene rings is 2. The number of aromatic nitrogens is 1. The Hall–Kier alpha value is -2.54. The average Bonchev–Trinajstić information content (AvgIpc) is 3.18. The van der Waals surface area contributed by atoms with Gasteiger partial charge in [0.15, 0.2) is 0 Å². The minimum Gasteiger partial charge on any atom is -0.474 e. The van der Waals surface area contributed by atoms with Crippen molar-refractivity contribution >= 4 is 27.5 Å². The van der Waals surface area contributed by atoms with Crippen molar-refractivity contribution in [3.63, 3.8) is 0 Å². The fourth-order valence-corrected chi connectivity index (χ4v) is 3.99. The highest BCUT2D eigenvalue weighted by atomic mass is 32.1. The van der Waals surface area contributed by atoms with Crippen LogP contribution >= 0.6 is 11.3 Å². The monoisotopic (exact) mass is 361 g/mol. The van der Waals surface area contributed by atoms with Crippen LogP contribution < -0.4 is 4.74 Å². The summed E-state index contributed by atoms with van der Waals surface area (Å²) >= 11 is 1.55. The Morgan fingerprint density at radius 1 is 1.16 bits per heavy atom. The molecule has 3 aromatic rings. The lowest BCUT2D eigenvalue weighted by molar-refractivity contribution is -0.210. The molecule has 128 valence electrons. The van der Waals surface area contributed by atoms with Crippen molar-refractivity contribution in [2.75, 3.05) is 0 Å². The molecule has 25 heavy (non-hydrogen) atoms. The molecule has 1 aliphatic rings. The van der Waals surface area contributed by atoms with Crippen molar-refractivity contribution < 1.29 is 23.4 Å². The topological polar surface area (TPSA) is 59.4 Å². The Labute approximate surface area is 145 Å². The van der Waals surface area contributed by atoms with E-state index in [4.69, 9.17) is 5.11 Å². The fourth-order valence-electron chi connectivity index (χ4n) is 2.97. The van der Waals surface area contributed by atoms with Crippen molar-refractivity contribution in [1.29, 1.82) is 0 Å². The van der Waals surface area contributed by atoms with Gasteiger partial charge in [-0.15, -0.1) is 11.3 Å². The second-order valence-electron chi connectivity index (χ2n) is 5.91. The summed E-state index contributed by atoms with van der Waals surface area (Å²) in [6, 6.07) is 10.1. The number of hydrogen-bond acceptors (Lipinski definition) is 4.